The monoisotopic (exact) mass is 403 g/mol. The van der Waals surface area contributed by atoms with E-state index in [0.717, 1.165) is 27.2 Å². The molecule has 0 aliphatic carbocycles. The van der Waals surface area contributed by atoms with Crippen LogP contribution in [0.15, 0.2) is 46.4 Å². The molecule has 0 aliphatic heterocycles. The van der Waals surface area contributed by atoms with Crippen molar-refractivity contribution in [2.75, 3.05) is 6.54 Å². The maximum Gasteiger partial charge on any atom is 0.267 e. The van der Waals surface area contributed by atoms with E-state index in [1.807, 2.05) is 19.3 Å². The number of aryl methyl sites for hydroxylation is 2. The SMILES string of the molecule is Cc1ccc(-c2nc(CCNC(=O)c3cc(Br)cn3C)cs2)cc1. The Morgan fingerprint density at radius 2 is 2.08 bits per heavy atom. The molecule has 0 aliphatic rings. The fourth-order valence-corrected chi connectivity index (χ4v) is 3.78. The van der Waals surface area contributed by atoms with E-state index in [0.29, 0.717) is 12.2 Å². The minimum absolute atomic E-state index is 0.0720. The quantitative estimate of drug-likeness (QED) is 0.693. The van der Waals surface area contributed by atoms with Gasteiger partial charge in [0.15, 0.2) is 0 Å². The van der Waals surface area contributed by atoms with Crippen LogP contribution in [-0.4, -0.2) is 22.0 Å². The molecule has 0 spiro atoms. The zero-order chi connectivity index (χ0) is 17.1. The van der Waals surface area contributed by atoms with Crippen molar-refractivity contribution in [3.63, 3.8) is 0 Å². The lowest BCUT2D eigenvalue weighted by atomic mass is 10.2. The van der Waals surface area contributed by atoms with Crippen molar-refractivity contribution < 1.29 is 4.79 Å². The van der Waals surface area contributed by atoms with Gasteiger partial charge < -0.3 is 9.88 Å². The summed E-state index contributed by atoms with van der Waals surface area (Å²) in [5.74, 6) is -0.0720. The van der Waals surface area contributed by atoms with E-state index in [9.17, 15) is 4.79 Å². The van der Waals surface area contributed by atoms with Gasteiger partial charge in [-0.25, -0.2) is 4.98 Å². The molecular formula is C18H18BrN3OS. The molecule has 0 fully saturated rings. The maximum absolute atomic E-state index is 12.2. The summed E-state index contributed by atoms with van der Waals surface area (Å²) >= 11 is 5.01. The second-order valence-corrected chi connectivity index (χ2v) is 7.44. The summed E-state index contributed by atoms with van der Waals surface area (Å²) in [7, 11) is 1.86. The molecule has 1 N–H and O–H groups in total. The van der Waals surface area contributed by atoms with Crippen molar-refractivity contribution >= 4 is 33.2 Å². The van der Waals surface area contributed by atoms with E-state index in [2.05, 4.69) is 62.8 Å². The summed E-state index contributed by atoms with van der Waals surface area (Å²) in [5.41, 5.74) is 4.02. The minimum Gasteiger partial charge on any atom is -0.350 e. The fourth-order valence-electron chi connectivity index (χ4n) is 2.40. The molecule has 0 atom stereocenters. The van der Waals surface area contributed by atoms with E-state index in [-0.39, 0.29) is 5.91 Å². The van der Waals surface area contributed by atoms with Crippen LogP contribution in [0.1, 0.15) is 21.7 Å². The smallest absolute Gasteiger partial charge is 0.267 e. The molecule has 6 heteroatoms. The molecule has 3 aromatic rings. The van der Waals surface area contributed by atoms with Crippen molar-refractivity contribution in [1.29, 1.82) is 0 Å². The van der Waals surface area contributed by atoms with Gasteiger partial charge in [-0.1, -0.05) is 29.8 Å². The first kappa shape index (κ1) is 16.9. The van der Waals surface area contributed by atoms with Crippen LogP contribution in [-0.2, 0) is 13.5 Å². The zero-order valence-corrected chi connectivity index (χ0v) is 15.9. The molecule has 1 aromatic carbocycles. The Bertz CT molecular complexity index is 852. The summed E-state index contributed by atoms with van der Waals surface area (Å²) in [6.45, 7) is 2.64. The largest absolute Gasteiger partial charge is 0.350 e. The first-order chi connectivity index (χ1) is 11.5. The zero-order valence-electron chi connectivity index (χ0n) is 13.5. The molecule has 0 saturated carbocycles. The van der Waals surface area contributed by atoms with Crippen molar-refractivity contribution in [3.05, 3.63) is 63.3 Å². The van der Waals surface area contributed by atoms with Crippen LogP contribution >= 0.6 is 27.3 Å². The highest BCUT2D eigenvalue weighted by molar-refractivity contribution is 9.10. The average molecular weight is 404 g/mol. The third kappa shape index (κ3) is 3.94. The number of rotatable bonds is 5. The number of halogens is 1. The molecule has 1 amide bonds. The van der Waals surface area contributed by atoms with Crippen molar-refractivity contribution in [2.45, 2.75) is 13.3 Å². The Labute approximate surface area is 153 Å². The number of nitrogens with one attached hydrogen (secondary N) is 1. The highest BCUT2D eigenvalue weighted by Crippen LogP contribution is 2.24. The fraction of sp³-hybridized carbons (Fsp3) is 0.222. The predicted octanol–water partition coefficient (Wildman–Crippen LogP) is 4.19. The number of aromatic nitrogens is 2. The van der Waals surface area contributed by atoms with Gasteiger partial charge in [0.25, 0.3) is 5.91 Å². The summed E-state index contributed by atoms with van der Waals surface area (Å²) < 4.78 is 2.70. The van der Waals surface area contributed by atoms with Gasteiger partial charge in [-0.15, -0.1) is 11.3 Å². The Balaban J connectivity index is 1.57. The van der Waals surface area contributed by atoms with Crippen molar-refractivity contribution in [1.82, 2.24) is 14.9 Å². The third-order valence-electron chi connectivity index (χ3n) is 3.72. The Morgan fingerprint density at radius 3 is 2.75 bits per heavy atom. The van der Waals surface area contributed by atoms with Gasteiger partial charge in [0.1, 0.15) is 10.7 Å². The number of thiazole rings is 1. The second-order valence-electron chi connectivity index (χ2n) is 5.67. The lowest BCUT2D eigenvalue weighted by Crippen LogP contribution is -2.27. The molecule has 0 unspecified atom stereocenters. The van der Waals surface area contributed by atoms with E-state index in [4.69, 9.17) is 0 Å². The van der Waals surface area contributed by atoms with Crippen LogP contribution in [0, 0.1) is 6.92 Å². The predicted molar refractivity (Wildman–Crippen MR) is 101 cm³/mol. The number of hydrogen-bond acceptors (Lipinski definition) is 3. The minimum atomic E-state index is -0.0720. The summed E-state index contributed by atoms with van der Waals surface area (Å²) in [6.07, 6.45) is 2.59. The van der Waals surface area contributed by atoms with Crippen LogP contribution in [0.3, 0.4) is 0 Å². The summed E-state index contributed by atoms with van der Waals surface area (Å²) in [4.78, 5) is 16.8. The van der Waals surface area contributed by atoms with E-state index in [1.165, 1.54) is 5.56 Å². The summed E-state index contributed by atoms with van der Waals surface area (Å²) in [6, 6.07) is 10.2. The Hall–Kier alpha value is -1.92. The van der Waals surface area contributed by atoms with Crippen molar-refractivity contribution in [3.8, 4) is 10.6 Å². The Morgan fingerprint density at radius 1 is 1.33 bits per heavy atom. The number of benzene rings is 1. The molecule has 3 rings (SSSR count). The topological polar surface area (TPSA) is 46.9 Å². The number of nitrogens with zero attached hydrogens (tertiary/aromatic N) is 2. The highest BCUT2D eigenvalue weighted by Gasteiger charge is 2.11. The van der Waals surface area contributed by atoms with E-state index >= 15 is 0 Å². The van der Waals surface area contributed by atoms with E-state index < -0.39 is 0 Å². The van der Waals surface area contributed by atoms with Crippen LogP contribution in [0.5, 0.6) is 0 Å². The van der Waals surface area contributed by atoms with Gasteiger partial charge >= 0.3 is 0 Å². The van der Waals surface area contributed by atoms with Gasteiger partial charge in [0.05, 0.1) is 5.69 Å². The molecular weight excluding hydrogens is 386 g/mol. The standard InChI is InChI=1S/C18H18BrN3OS/c1-12-3-5-13(6-4-12)18-21-15(11-24-18)7-8-20-17(23)16-9-14(19)10-22(16)2/h3-6,9-11H,7-8H2,1-2H3,(H,20,23). The molecule has 0 bridgehead atoms. The molecule has 2 aromatic heterocycles. The van der Waals surface area contributed by atoms with Gasteiger partial charge in [0.2, 0.25) is 0 Å². The molecule has 0 radical (unpaired) electrons. The number of hydrogen-bond donors (Lipinski definition) is 1. The number of carbonyl (C=O) groups is 1. The van der Waals surface area contributed by atoms with Crippen LogP contribution in [0.25, 0.3) is 10.6 Å². The summed E-state index contributed by atoms with van der Waals surface area (Å²) in [5, 5.41) is 6.01. The van der Waals surface area contributed by atoms with E-state index in [1.54, 1.807) is 15.9 Å². The molecule has 124 valence electrons. The average Bonchev–Trinajstić information content (AvgIpc) is 3.14. The first-order valence-electron chi connectivity index (χ1n) is 7.64. The first-order valence-corrected chi connectivity index (χ1v) is 9.31. The van der Waals surface area contributed by atoms with Gasteiger partial charge in [0, 0.05) is 41.6 Å². The van der Waals surface area contributed by atoms with Crippen LogP contribution < -0.4 is 5.32 Å². The molecule has 2 heterocycles. The normalized spacial score (nSPS) is 10.8. The van der Waals surface area contributed by atoms with Gasteiger partial charge in [-0.05, 0) is 28.9 Å². The third-order valence-corrected chi connectivity index (χ3v) is 5.10. The number of amides is 1. The maximum atomic E-state index is 12.2. The highest BCUT2D eigenvalue weighted by atomic mass is 79.9. The molecule has 24 heavy (non-hydrogen) atoms. The van der Waals surface area contributed by atoms with Crippen LogP contribution in [0.2, 0.25) is 0 Å². The lowest BCUT2D eigenvalue weighted by Gasteiger charge is -2.04. The second kappa shape index (κ2) is 7.32. The Kier molecular flexibility index (Phi) is 5.16. The van der Waals surface area contributed by atoms with Gasteiger partial charge in [-0.2, -0.15) is 0 Å². The van der Waals surface area contributed by atoms with Gasteiger partial charge in [-0.3, -0.25) is 4.79 Å². The lowest BCUT2D eigenvalue weighted by molar-refractivity contribution is 0.0946. The molecule has 4 nitrogen and oxygen atoms in total. The number of carbonyl (C=O) groups excluding carboxylic acids is 1. The van der Waals surface area contributed by atoms with Crippen LogP contribution in [0.4, 0.5) is 0 Å². The molecule has 0 saturated heterocycles. The van der Waals surface area contributed by atoms with Crippen molar-refractivity contribution in [2.24, 2.45) is 7.05 Å².